The van der Waals surface area contributed by atoms with E-state index in [1.807, 2.05) is 6.20 Å². The van der Waals surface area contributed by atoms with Crippen molar-refractivity contribution >= 4 is 17.2 Å². The zero-order valence-corrected chi connectivity index (χ0v) is 15.7. The number of nitrogens with one attached hydrogen (secondary N) is 1. The molecule has 150 valence electrons. The number of pyridine rings is 1. The Morgan fingerprint density at radius 2 is 2.10 bits per heavy atom. The van der Waals surface area contributed by atoms with Gasteiger partial charge in [-0.3, -0.25) is 0 Å². The van der Waals surface area contributed by atoms with Crippen molar-refractivity contribution in [2.75, 3.05) is 11.9 Å². The summed E-state index contributed by atoms with van der Waals surface area (Å²) in [4.78, 5) is 12.8. The number of rotatable bonds is 5. The maximum absolute atomic E-state index is 14.4. The van der Waals surface area contributed by atoms with E-state index in [4.69, 9.17) is 0 Å². The van der Waals surface area contributed by atoms with Crippen LogP contribution in [-0.2, 0) is 6.42 Å². The highest BCUT2D eigenvalue weighted by molar-refractivity contribution is 5.81. The lowest BCUT2D eigenvalue weighted by atomic mass is 9.99. The number of nitrogens with zero attached hydrogens (tertiary/aromatic N) is 4. The number of halogens is 3. The predicted octanol–water partition coefficient (Wildman–Crippen LogP) is 4.49. The van der Waals surface area contributed by atoms with Gasteiger partial charge < -0.3 is 9.72 Å². The summed E-state index contributed by atoms with van der Waals surface area (Å²) >= 11 is 0. The van der Waals surface area contributed by atoms with E-state index in [1.54, 1.807) is 23.0 Å². The second-order valence-corrected chi connectivity index (χ2v) is 7.69. The Hall–Kier alpha value is -2.90. The Bertz CT molecular complexity index is 1100. The van der Waals surface area contributed by atoms with Gasteiger partial charge in [0.15, 0.2) is 11.5 Å². The highest BCUT2D eigenvalue weighted by atomic mass is 19.3. The summed E-state index contributed by atoms with van der Waals surface area (Å²) in [6.45, 7) is -0.457. The Kier molecular flexibility index (Phi) is 4.29. The fraction of sp³-hybridized carbons (Fsp3) is 0.381. The van der Waals surface area contributed by atoms with Gasteiger partial charge in [-0.2, -0.15) is 0 Å². The predicted molar refractivity (Wildman–Crippen MR) is 103 cm³/mol. The first-order valence-electron chi connectivity index (χ1n) is 9.82. The number of imidazole rings is 1. The molecule has 0 unspecified atom stereocenters. The summed E-state index contributed by atoms with van der Waals surface area (Å²) in [6, 6.07) is 1.46. The minimum atomic E-state index is -2.74. The number of allylic oxidation sites excluding steroid dienone is 1. The monoisotopic (exact) mass is 399 g/mol. The zero-order chi connectivity index (χ0) is 20.0. The highest BCUT2D eigenvalue weighted by Crippen LogP contribution is 2.43. The van der Waals surface area contributed by atoms with Gasteiger partial charge in [-0.25, -0.2) is 28.1 Å². The molecular weight excluding hydrogens is 379 g/mol. The van der Waals surface area contributed by atoms with Crippen molar-refractivity contribution in [2.24, 2.45) is 5.92 Å². The van der Waals surface area contributed by atoms with Crippen LogP contribution >= 0.6 is 0 Å². The van der Waals surface area contributed by atoms with E-state index >= 15 is 0 Å². The van der Waals surface area contributed by atoms with Crippen LogP contribution in [0.5, 0.6) is 0 Å². The maximum atomic E-state index is 14.4. The molecule has 2 aliphatic carbocycles. The fourth-order valence-corrected chi connectivity index (χ4v) is 3.80. The van der Waals surface area contributed by atoms with Gasteiger partial charge in [0.05, 0.1) is 12.2 Å². The molecule has 5 nitrogen and oxygen atoms in total. The second kappa shape index (κ2) is 6.86. The average molecular weight is 399 g/mol. The first-order valence-corrected chi connectivity index (χ1v) is 9.82. The minimum Gasteiger partial charge on any atom is -0.348 e. The Morgan fingerprint density at radius 3 is 2.93 bits per heavy atom. The minimum absolute atomic E-state index is 0.210. The smallest absolute Gasteiger partial charge is 0.267 e. The summed E-state index contributed by atoms with van der Waals surface area (Å²) in [5.74, 6) is -3.46. The lowest BCUT2D eigenvalue weighted by Gasteiger charge is -2.17. The maximum Gasteiger partial charge on any atom is 0.267 e. The molecule has 0 bridgehead atoms. The Morgan fingerprint density at radius 1 is 1.24 bits per heavy atom. The van der Waals surface area contributed by atoms with E-state index in [0.29, 0.717) is 24.8 Å². The van der Waals surface area contributed by atoms with Crippen LogP contribution in [-0.4, -0.2) is 31.8 Å². The molecule has 0 atom stereocenters. The Labute approximate surface area is 165 Å². The van der Waals surface area contributed by atoms with Crippen molar-refractivity contribution in [2.45, 2.75) is 38.0 Å². The molecule has 8 heteroatoms. The topological polar surface area (TPSA) is 55.1 Å². The van der Waals surface area contributed by atoms with Crippen LogP contribution in [0.15, 0.2) is 36.9 Å². The van der Waals surface area contributed by atoms with E-state index in [1.165, 1.54) is 6.07 Å². The Balaban J connectivity index is 1.46. The molecule has 3 aromatic heterocycles. The fourth-order valence-electron chi connectivity index (χ4n) is 3.80. The van der Waals surface area contributed by atoms with Gasteiger partial charge in [0, 0.05) is 41.8 Å². The van der Waals surface area contributed by atoms with E-state index < -0.39 is 24.2 Å². The quantitative estimate of drug-likeness (QED) is 0.687. The molecule has 5 rings (SSSR count). The molecule has 0 saturated heterocycles. The summed E-state index contributed by atoms with van der Waals surface area (Å²) < 4.78 is 44.0. The first-order chi connectivity index (χ1) is 14.0. The SMILES string of the molecule is Fc1cc(C2=CCCCc3nc(NCC(F)(F)C4CC4)ncc32)cn2ccnc12. The van der Waals surface area contributed by atoms with Gasteiger partial charge in [0.25, 0.3) is 5.92 Å². The molecule has 1 N–H and O–H groups in total. The molecule has 0 radical (unpaired) electrons. The van der Waals surface area contributed by atoms with Crippen molar-refractivity contribution in [3.05, 3.63) is 59.6 Å². The third kappa shape index (κ3) is 3.47. The number of alkyl halides is 2. The van der Waals surface area contributed by atoms with Gasteiger partial charge in [-0.15, -0.1) is 0 Å². The molecule has 3 aromatic rings. The molecule has 0 aliphatic heterocycles. The molecule has 0 aromatic carbocycles. The van der Waals surface area contributed by atoms with Crippen molar-refractivity contribution in [3.8, 4) is 0 Å². The van der Waals surface area contributed by atoms with Crippen LogP contribution in [0, 0.1) is 11.7 Å². The molecule has 1 fully saturated rings. The summed E-state index contributed by atoms with van der Waals surface area (Å²) in [5, 5.41) is 2.70. The lowest BCUT2D eigenvalue weighted by molar-refractivity contribution is -0.00832. The van der Waals surface area contributed by atoms with Gasteiger partial charge in [-0.05, 0) is 43.7 Å². The van der Waals surface area contributed by atoms with Crippen LogP contribution < -0.4 is 5.32 Å². The number of hydrogen-bond acceptors (Lipinski definition) is 4. The van der Waals surface area contributed by atoms with E-state index in [-0.39, 0.29) is 11.6 Å². The van der Waals surface area contributed by atoms with E-state index in [0.717, 1.165) is 29.7 Å². The summed E-state index contributed by atoms with van der Waals surface area (Å²) in [5.41, 5.74) is 3.42. The van der Waals surface area contributed by atoms with Crippen LogP contribution in [0.4, 0.5) is 19.1 Å². The molecule has 2 aliphatic rings. The third-order valence-corrected chi connectivity index (χ3v) is 5.53. The van der Waals surface area contributed by atoms with Crippen molar-refractivity contribution in [3.63, 3.8) is 0 Å². The van der Waals surface area contributed by atoms with Gasteiger partial charge in [0.1, 0.15) is 0 Å². The second-order valence-electron chi connectivity index (χ2n) is 7.69. The van der Waals surface area contributed by atoms with E-state index in [9.17, 15) is 13.2 Å². The number of fused-ring (bicyclic) bond motifs is 2. The molecule has 0 spiro atoms. The molecule has 29 heavy (non-hydrogen) atoms. The normalized spacial score (nSPS) is 17.0. The molecule has 3 heterocycles. The standard InChI is InChI=1S/C21H20F3N5/c22-17-9-13(11-29-8-7-25-19(17)29)15-3-1-2-4-18-16(15)10-26-20(28-18)27-12-21(23,24)14-5-6-14/h3,7-11,14H,1-2,4-6,12H2,(H,26,27,28). The van der Waals surface area contributed by atoms with Gasteiger partial charge in [0.2, 0.25) is 5.95 Å². The van der Waals surface area contributed by atoms with Crippen LogP contribution in [0.25, 0.3) is 11.2 Å². The first kappa shape index (κ1) is 18.1. The van der Waals surface area contributed by atoms with Crippen molar-refractivity contribution < 1.29 is 13.2 Å². The molecular formula is C21H20F3N5. The third-order valence-electron chi connectivity index (χ3n) is 5.53. The van der Waals surface area contributed by atoms with Crippen molar-refractivity contribution in [1.82, 2.24) is 19.4 Å². The molecule has 1 saturated carbocycles. The summed E-state index contributed by atoms with van der Waals surface area (Å²) in [7, 11) is 0. The zero-order valence-electron chi connectivity index (χ0n) is 15.7. The number of anilines is 1. The van der Waals surface area contributed by atoms with Crippen LogP contribution in [0.3, 0.4) is 0 Å². The van der Waals surface area contributed by atoms with Crippen LogP contribution in [0.2, 0.25) is 0 Å². The average Bonchev–Trinajstić information content (AvgIpc) is 3.49. The van der Waals surface area contributed by atoms with Gasteiger partial charge >= 0.3 is 0 Å². The number of aromatic nitrogens is 4. The van der Waals surface area contributed by atoms with Gasteiger partial charge in [-0.1, -0.05) is 6.08 Å². The summed E-state index contributed by atoms with van der Waals surface area (Å²) in [6.07, 6.45) is 12.3. The van der Waals surface area contributed by atoms with E-state index in [2.05, 4.69) is 26.3 Å². The van der Waals surface area contributed by atoms with Crippen molar-refractivity contribution in [1.29, 1.82) is 0 Å². The highest BCUT2D eigenvalue weighted by Gasteiger charge is 2.46. The molecule has 0 amide bonds. The largest absolute Gasteiger partial charge is 0.348 e. The number of aryl methyl sites for hydroxylation is 1. The lowest BCUT2D eigenvalue weighted by Crippen LogP contribution is -2.30. The van der Waals surface area contributed by atoms with Crippen LogP contribution in [0.1, 0.15) is 42.5 Å². The number of hydrogen-bond donors (Lipinski definition) is 1.